The minimum Gasteiger partial charge on any atom is -0.496 e. The van der Waals surface area contributed by atoms with Crippen LogP contribution in [-0.2, 0) is 11.3 Å². The van der Waals surface area contributed by atoms with Crippen LogP contribution in [0.15, 0.2) is 42.5 Å². The third-order valence-corrected chi connectivity index (χ3v) is 4.27. The number of carbonyl (C=O) groups is 2. The molecule has 0 radical (unpaired) electrons. The Morgan fingerprint density at radius 1 is 0.964 bits per heavy atom. The average Bonchev–Trinajstić information content (AvgIpc) is 2.73. The van der Waals surface area contributed by atoms with E-state index in [9.17, 15) is 9.59 Å². The summed E-state index contributed by atoms with van der Waals surface area (Å²) < 4.78 is 16.1. The molecule has 150 valence electrons. The summed E-state index contributed by atoms with van der Waals surface area (Å²) in [5, 5.41) is 6.56. The van der Waals surface area contributed by atoms with Crippen LogP contribution in [0.25, 0.3) is 0 Å². The quantitative estimate of drug-likeness (QED) is 0.625. The second kappa shape index (κ2) is 10.2. The number of nitrogens with one attached hydrogen (secondary N) is 2. The van der Waals surface area contributed by atoms with Crippen LogP contribution in [0.3, 0.4) is 0 Å². The van der Waals surface area contributed by atoms with E-state index < -0.39 is 18.0 Å². The molecular weight excluding hydrogens is 362 g/mol. The van der Waals surface area contributed by atoms with Crippen molar-refractivity contribution < 1.29 is 29.1 Å². The molecule has 0 saturated heterocycles. The number of quaternary nitrogens is 1. The number of nitrogens with two attached hydrogens (primary N) is 1. The second-order valence-corrected chi connectivity index (χ2v) is 5.92. The maximum absolute atomic E-state index is 12.6. The third-order valence-electron chi connectivity index (χ3n) is 4.27. The molecule has 0 fully saturated rings. The Balaban J connectivity index is 2.28. The largest absolute Gasteiger partial charge is 0.496 e. The molecule has 8 heteroatoms. The first-order chi connectivity index (χ1) is 13.5. The summed E-state index contributed by atoms with van der Waals surface area (Å²) in [4.78, 5) is 24.2. The fourth-order valence-electron chi connectivity index (χ4n) is 2.80. The first kappa shape index (κ1) is 21.0. The molecule has 2 aromatic rings. The average molecular weight is 388 g/mol. The zero-order valence-electron chi connectivity index (χ0n) is 16.4. The minimum absolute atomic E-state index is 0.412. The third kappa shape index (κ3) is 5.14. The van der Waals surface area contributed by atoms with Crippen LogP contribution in [-0.4, -0.2) is 40.3 Å². The fourth-order valence-corrected chi connectivity index (χ4v) is 2.80. The maximum atomic E-state index is 12.6. The van der Waals surface area contributed by atoms with Crippen molar-refractivity contribution in [1.29, 1.82) is 0 Å². The molecule has 28 heavy (non-hydrogen) atoms. The van der Waals surface area contributed by atoms with Crippen LogP contribution in [0.4, 0.5) is 4.79 Å². The number of hydrogen-bond donors (Lipinski definition) is 3. The first-order valence-electron chi connectivity index (χ1n) is 8.73. The van der Waals surface area contributed by atoms with Crippen molar-refractivity contribution in [2.45, 2.75) is 12.6 Å². The Labute approximate surface area is 164 Å². The highest BCUT2D eigenvalue weighted by Crippen LogP contribution is 2.34. The van der Waals surface area contributed by atoms with Crippen molar-refractivity contribution in [2.75, 3.05) is 28.4 Å². The molecule has 1 atom stereocenters. The molecule has 8 nitrogen and oxygen atoms in total. The molecule has 0 aliphatic carbocycles. The summed E-state index contributed by atoms with van der Waals surface area (Å²) in [5.41, 5.74) is 1.61. The summed E-state index contributed by atoms with van der Waals surface area (Å²) in [6, 6.07) is 11.6. The van der Waals surface area contributed by atoms with Gasteiger partial charge in [-0.3, -0.25) is 10.1 Å². The predicted molar refractivity (Wildman–Crippen MR) is 104 cm³/mol. The second-order valence-electron chi connectivity index (χ2n) is 5.92. The van der Waals surface area contributed by atoms with Gasteiger partial charge < -0.3 is 24.8 Å². The van der Waals surface area contributed by atoms with Gasteiger partial charge in [0.15, 0.2) is 17.5 Å². The molecule has 0 aliphatic rings. The molecule has 0 bridgehead atoms. The van der Waals surface area contributed by atoms with Gasteiger partial charge in [-0.15, -0.1) is 0 Å². The Hall–Kier alpha value is -3.26. The highest BCUT2D eigenvalue weighted by atomic mass is 16.5. The molecule has 0 heterocycles. The number of methoxy groups -OCH3 is 3. The summed E-state index contributed by atoms with van der Waals surface area (Å²) in [6.45, 7) is 0.421. The molecular formula is C20H26N3O5+. The number of ether oxygens (including phenoxy) is 3. The van der Waals surface area contributed by atoms with Crippen molar-refractivity contribution in [3.63, 3.8) is 0 Å². The topological polar surface area (TPSA) is 103 Å². The van der Waals surface area contributed by atoms with Gasteiger partial charge in [-0.2, -0.15) is 0 Å². The van der Waals surface area contributed by atoms with Gasteiger partial charge in [0.25, 0.3) is 5.91 Å². The predicted octanol–water partition coefficient (Wildman–Crippen LogP) is 0.973. The van der Waals surface area contributed by atoms with Gasteiger partial charge in [0.05, 0.1) is 26.9 Å². The van der Waals surface area contributed by atoms with Crippen LogP contribution in [0, 0.1) is 0 Å². The van der Waals surface area contributed by atoms with Gasteiger partial charge >= 0.3 is 6.03 Å². The molecule has 2 rings (SSSR count). The molecule has 0 aromatic heterocycles. The number of urea groups is 1. The van der Waals surface area contributed by atoms with E-state index in [1.54, 1.807) is 27.4 Å². The van der Waals surface area contributed by atoms with Crippen LogP contribution >= 0.6 is 0 Å². The van der Waals surface area contributed by atoms with Crippen molar-refractivity contribution in [3.05, 3.63) is 53.6 Å². The maximum Gasteiger partial charge on any atom is 0.321 e. The van der Waals surface area contributed by atoms with Crippen molar-refractivity contribution in [3.8, 4) is 17.2 Å². The Morgan fingerprint density at radius 3 is 2.14 bits per heavy atom. The zero-order chi connectivity index (χ0) is 20.5. The molecule has 2 aromatic carbocycles. The number of rotatable bonds is 8. The summed E-state index contributed by atoms with van der Waals surface area (Å²) >= 11 is 0. The highest BCUT2D eigenvalue weighted by molar-refractivity contribution is 5.96. The highest BCUT2D eigenvalue weighted by Gasteiger charge is 2.26. The van der Waals surface area contributed by atoms with Crippen molar-refractivity contribution in [1.82, 2.24) is 10.6 Å². The van der Waals surface area contributed by atoms with Crippen LogP contribution in [0.2, 0.25) is 0 Å². The summed E-state index contributed by atoms with van der Waals surface area (Å²) in [5.74, 6) is 1.33. The van der Waals surface area contributed by atoms with Crippen LogP contribution in [0.1, 0.15) is 17.2 Å². The van der Waals surface area contributed by atoms with Crippen molar-refractivity contribution >= 4 is 11.9 Å². The van der Waals surface area contributed by atoms with E-state index in [0.29, 0.717) is 23.8 Å². The molecule has 4 N–H and O–H groups in total. The molecule has 0 aliphatic heterocycles. The van der Waals surface area contributed by atoms with Gasteiger partial charge in [-0.25, -0.2) is 4.79 Å². The van der Waals surface area contributed by atoms with Gasteiger partial charge in [-0.05, 0) is 6.07 Å². The monoisotopic (exact) mass is 388 g/mol. The SMILES string of the molecule is CNC(=O)NC(=O)[C@@H]([NH2+]Cc1cc(OC)c(OC)cc1OC)c1ccccc1. The Bertz CT molecular complexity index is 811. The number of imide groups is 1. The lowest BCUT2D eigenvalue weighted by atomic mass is 10.1. The smallest absolute Gasteiger partial charge is 0.321 e. The lowest BCUT2D eigenvalue weighted by molar-refractivity contribution is -0.698. The zero-order valence-corrected chi connectivity index (χ0v) is 16.4. The van der Waals surface area contributed by atoms with Gasteiger partial charge in [0, 0.05) is 18.7 Å². The van der Waals surface area contributed by atoms with Crippen molar-refractivity contribution in [2.24, 2.45) is 0 Å². The number of amides is 3. The van der Waals surface area contributed by atoms with E-state index in [0.717, 1.165) is 11.1 Å². The van der Waals surface area contributed by atoms with E-state index in [-0.39, 0.29) is 0 Å². The lowest BCUT2D eigenvalue weighted by Crippen LogP contribution is -2.86. The summed E-state index contributed by atoms with van der Waals surface area (Å²) in [7, 11) is 6.13. The lowest BCUT2D eigenvalue weighted by Gasteiger charge is -2.17. The minimum atomic E-state index is -0.615. The molecule has 0 spiro atoms. The Kier molecular flexibility index (Phi) is 7.65. The normalized spacial score (nSPS) is 11.3. The van der Waals surface area contributed by atoms with Crippen LogP contribution in [0.5, 0.6) is 17.2 Å². The molecule has 0 unspecified atom stereocenters. The van der Waals surface area contributed by atoms with E-state index in [2.05, 4.69) is 10.6 Å². The molecule has 3 amide bonds. The van der Waals surface area contributed by atoms with E-state index in [1.165, 1.54) is 7.05 Å². The summed E-state index contributed by atoms with van der Waals surface area (Å²) in [6.07, 6.45) is 0. The number of carbonyl (C=O) groups excluding carboxylic acids is 2. The van der Waals surface area contributed by atoms with Gasteiger partial charge in [0.2, 0.25) is 0 Å². The van der Waals surface area contributed by atoms with Gasteiger partial charge in [-0.1, -0.05) is 30.3 Å². The van der Waals surface area contributed by atoms with E-state index in [4.69, 9.17) is 14.2 Å². The van der Waals surface area contributed by atoms with Gasteiger partial charge in [0.1, 0.15) is 12.3 Å². The standard InChI is InChI=1S/C20H25N3O5/c1-21-20(25)23-19(24)18(13-8-6-5-7-9-13)22-12-14-10-16(27-3)17(28-4)11-15(14)26-2/h5-11,18,22H,12H2,1-4H3,(H2,21,23,24,25)/p+1/t18-/m0/s1. The number of benzene rings is 2. The number of hydrogen-bond acceptors (Lipinski definition) is 5. The van der Waals surface area contributed by atoms with E-state index >= 15 is 0 Å². The fraction of sp³-hybridized carbons (Fsp3) is 0.300. The first-order valence-corrected chi connectivity index (χ1v) is 8.73. The van der Waals surface area contributed by atoms with Crippen LogP contribution < -0.4 is 30.2 Å². The Morgan fingerprint density at radius 2 is 1.57 bits per heavy atom. The molecule has 0 saturated carbocycles. The van der Waals surface area contributed by atoms with E-state index in [1.807, 2.05) is 41.7 Å².